The Labute approximate surface area is 142 Å². The summed E-state index contributed by atoms with van der Waals surface area (Å²) in [7, 11) is 0. The molecule has 0 aliphatic carbocycles. The van der Waals surface area contributed by atoms with E-state index in [0.717, 1.165) is 50.3 Å². The monoisotopic (exact) mass is 330 g/mol. The van der Waals surface area contributed by atoms with Crippen molar-refractivity contribution in [3.05, 3.63) is 36.3 Å². The van der Waals surface area contributed by atoms with Gasteiger partial charge >= 0.3 is 0 Å². The summed E-state index contributed by atoms with van der Waals surface area (Å²) in [6.07, 6.45) is 7.44. The molecule has 0 N–H and O–H groups in total. The Bertz CT molecular complexity index is 650. The first kappa shape index (κ1) is 16.7. The fourth-order valence-electron chi connectivity index (χ4n) is 3.36. The minimum absolute atomic E-state index is 0.0768. The molecule has 2 aromatic rings. The Balaban J connectivity index is 1.63. The van der Waals surface area contributed by atoms with Gasteiger partial charge in [0.05, 0.1) is 6.04 Å². The smallest absolute Gasteiger partial charge is 0.223 e. The van der Waals surface area contributed by atoms with Gasteiger partial charge in [-0.25, -0.2) is 4.98 Å². The Morgan fingerprint density at radius 1 is 1.42 bits per heavy atom. The summed E-state index contributed by atoms with van der Waals surface area (Å²) in [6.45, 7) is 5.87. The third kappa shape index (κ3) is 3.86. The maximum Gasteiger partial charge on any atom is 0.223 e. The quantitative estimate of drug-likeness (QED) is 0.816. The van der Waals surface area contributed by atoms with E-state index in [1.54, 1.807) is 11.0 Å². The lowest BCUT2D eigenvalue weighted by molar-refractivity contribution is -0.136. The third-order valence-corrected chi connectivity index (χ3v) is 4.79. The maximum absolute atomic E-state index is 12.7. The molecule has 2 atom stereocenters. The molecule has 2 aromatic heterocycles. The second-order valence-electron chi connectivity index (χ2n) is 6.65. The van der Waals surface area contributed by atoms with Crippen LogP contribution in [0.1, 0.15) is 57.1 Å². The zero-order chi connectivity index (χ0) is 16.9. The van der Waals surface area contributed by atoms with E-state index in [2.05, 4.69) is 23.9 Å². The van der Waals surface area contributed by atoms with Gasteiger partial charge in [0, 0.05) is 25.9 Å². The highest BCUT2D eigenvalue weighted by molar-refractivity contribution is 5.76. The molecular formula is C18H26N4O2. The molecule has 3 rings (SSSR count). The number of rotatable bonds is 6. The summed E-state index contributed by atoms with van der Waals surface area (Å²) in [4.78, 5) is 18.7. The van der Waals surface area contributed by atoms with Gasteiger partial charge in [0.25, 0.3) is 0 Å². The second-order valence-corrected chi connectivity index (χ2v) is 6.65. The summed E-state index contributed by atoms with van der Waals surface area (Å²) >= 11 is 0. The van der Waals surface area contributed by atoms with Crippen LogP contribution in [0.5, 0.6) is 0 Å². The fourth-order valence-corrected chi connectivity index (χ4v) is 3.36. The van der Waals surface area contributed by atoms with Gasteiger partial charge in [-0.2, -0.15) is 5.10 Å². The zero-order valence-electron chi connectivity index (χ0n) is 14.5. The number of piperidine rings is 1. The van der Waals surface area contributed by atoms with Crippen molar-refractivity contribution in [2.24, 2.45) is 5.92 Å². The molecule has 1 fully saturated rings. The van der Waals surface area contributed by atoms with E-state index in [1.165, 1.54) is 6.33 Å². The van der Waals surface area contributed by atoms with Crippen LogP contribution in [0.15, 0.2) is 29.2 Å². The molecule has 1 amide bonds. The Hall–Kier alpha value is -2.11. The van der Waals surface area contributed by atoms with Crippen LogP contribution >= 0.6 is 0 Å². The second kappa shape index (κ2) is 7.64. The minimum Gasteiger partial charge on any atom is -0.464 e. The molecule has 1 saturated heterocycles. The Morgan fingerprint density at radius 3 is 3.00 bits per heavy atom. The number of carbonyl (C=O) groups is 1. The molecule has 3 heterocycles. The Kier molecular flexibility index (Phi) is 5.33. The van der Waals surface area contributed by atoms with Gasteiger partial charge < -0.3 is 9.32 Å². The highest BCUT2D eigenvalue weighted by atomic mass is 16.3. The van der Waals surface area contributed by atoms with Gasteiger partial charge in [-0.1, -0.05) is 13.8 Å². The lowest BCUT2D eigenvalue weighted by Gasteiger charge is -2.37. The summed E-state index contributed by atoms with van der Waals surface area (Å²) in [5.74, 6) is 2.75. The highest BCUT2D eigenvalue weighted by Gasteiger charge is 2.32. The van der Waals surface area contributed by atoms with Crippen LogP contribution in [0.3, 0.4) is 0 Å². The van der Waals surface area contributed by atoms with Gasteiger partial charge in [-0.15, -0.1) is 0 Å². The largest absolute Gasteiger partial charge is 0.464 e. The van der Waals surface area contributed by atoms with Crippen LogP contribution in [0.2, 0.25) is 0 Å². The van der Waals surface area contributed by atoms with Crippen LogP contribution in [-0.4, -0.2) is 32.1 Å². The topological polar surface area (TPSA) is 64.2 Å². The van der Waals surface area contributed by atoms with E-state index >= 15 is 0 Å². The van der Waals surface area contributed by atoms with Crippen LogP contribution in [0, 0.1) is 5.92 Å². The van der Waals surface area contributed by atoms with Crippen LogP contribution in [0.25, 0.3) is 0 Å². The zero-order valence-corrected chi connectivity index (χ0v) is 14.5. The molecule has 1 aliphatic heterocycles. The lowest BCUT2D eigenvalue weighted by Crippen LogP contribution is -2.40. The molecule has 0 saturated carbocycles. The molecule has 6 nitrogen and oxygen atoms in total. The van der Waals surface area contributed by atoms with Crippen LogP contribution in [0.4, 0.5) is 0 Å². The third-order valence-electron chi connectivity index (χ3n) is 4.79. The van der Waals surface area contributed by atoms with Crippen molar-refractivity contribution in [1.29, 1.82) is 0 Å². The lowest BCUT2D eigenvalue weighted by atomic mass is 9.90. The number of carbonyl (C=O) groups excluding carboxylic acids is 1. The molecule has 0 radical (unpaired) electrons. The molecule has 0 bridgehead atoms. The number of nitrogens with zero attached hydrogens (tertiary/aromatic N) is 4. The number of aromatic nitrogens is 3. The number of furan rings is 1. The number of aryl methyl sites for hydroxylation is 2. The van der Waals surface area contributed by atoms with Gasteiger partial charge in [0.2, 0.25) is 5.91 Å². The predicted octanol–water partition coefficient (Wildman–Crippen LogP) is 3.21. The van der Waals surface area contributed by atoms with E-state index < -0.39 is 0 Å². The molecule has 0 aromatic carbocycles. The van der Waals surface area contributed by atoms with E-state index in [-0.39, 0.29) is 11.9 Å². The number of likely N-dealkylation sites (tertiary alicyclic amines) is 1. The first-order valence-corrected chi connectivity index (χ1v) is 8.88. The van der Waals surface area contributed by atoms with Crippen molar-refractivity contribution in [2.75, 3.05) is 6.54 Å². The van der Waals surface area contributed by atoms with E-state index in [4.69, 9.17) is 4.42 Å². The fraction of sp³-hybridized carbons (Fsp3) is 0.611. The SMILES string of the molecule is CCc1ccc([C@@H]2C[C@@H](C)CCN2C(=O)CCCn2cncn2)o1. The molecule has 0 spiro atoms. The molecule has 0 unspecified atom stereocenters. The van der Waals surface area contributed by atoms with Gasteiger partial charge in [-0.3, -0.25) is 9.48 Å². The molecule has 130 valence electrons. The van der Waals surface area contributed by atoms with E-state index in [0.29, 0.717) is 12.3 Å². The van der Waals surface area contributed by atoms with Gasteiger partial charge in [0.15, 0.2) is 0 Å². The number of hydrogen-bond acceptors (Lipinski definition) is 4. The normalized spacial score (nSPS) is 21.2. The van der Waals surface area contributed by atoms with E-state index in [9.17, 15) is 4.79 Å². The van der Waals surface area contributed by atoms with Crippen molar-refractivity contribution in [1.82, 2.24) is 19.7 Å². The van der Waals surface area contributed by atoms with Crippen molar-refractivity contribution >= 4 is 5.91 Å². The van der Waals surface area contributed by atoms with Gasteiger partial charge in [-0.05, 0) is 37.3 Å². The van der Waals surface area contributed by atoms with Crippen LogP contribution < -0.4 is 0 Å². The molecule has 24 heavy (non-hydrogen) atoms. The van der Waals surface area contributed by atoms with Crippen molar-refractivity contribution in [3.8, 4) is 0 Å². The van der Waals surface area contributed by atoms with Crippen molar-refractivity contribution in [3.63, 3.8) is 0 Å². The molecular weight excluding hydrogens is 304 g/mol. The first-order valence-electron chi connectivity index (χ1n) is 8.88. The van der Waals surface area contributed by atoms with E-state index in [1.807, 2.05) is 17.0 Å². The maximum atomic E-state index is 12.7. The van der Waals surface area contributed by atoms with Crippen molar-refractivity contribution < 1.29 is 9.21 Å². The molecule has 1 aliphatic rings. The summed E-state index contributed by atoms with van der Waals surface area (Å²) in [6, 6.07) is 4.15. The number of hydrogen-bond donors (Lipinski definition) is 0. The standard InChI is InChI=1S/C18H26N4O2/c1-3-15-6-7-17(24-15)16-11-14(2)8-10-22(16)18(23)5-4-9-21-13-19-12-20-21/h6-7,12-14,16H,3-5,8-11H2,1-2H3/t14-,16-/m0/s1. The average molecular weight is 330 g/mol. The van der Waals surface area contributed by atoms with Crippen LogP contribution in [-0.2, 0) is 17.8 Å². The molecule has 6 heteroatoms. The summed E-state index contributed by atoms with van der Waals surface area (Å²) in [5.41, 5.74) is 0. The highest BCUT2D eigenvalue weighted by Crippen LogP contribution is 2.35. The predicted molar refractivity (Wildman–Crippen MR) is 90.2 cm³/mol. The van der Waals surface area contributed by atoms with Crippen molar-refractivity contribution in [2.45, 2.75) is 58.5 Å². The van der Waals surface area contributed by atoms with Gasteiger partial charge in [0.1, 0.15) is 24.2 Å². The number of amides is 1. The summed E-state index contributed by atoms with van der Waals surface area (Å²) in [5, 5.41) is 4.08. The minimum atomic E-state index is 0.0768. The Morgan fingerprint density at radius 2 is 2.29 bits per heavy atom. The average Bonchev–Trinajstić information content (AvgIpc) is 3.26. The first-order chi connectivity index (χ1) is 11.7. The summed E-state index contributed by atoms with van der Waals surface area (Å²) < 4.78 is 7.72.